The van der Waals surface area contributed by atoms with Gasteiger partial charge in [-0.2, -0.15) is 0 Å². The van der Waals surface area contributed by atoms with Crippen LogP contribution in [0.1, 0.15) is 54.5 Å². The molecule has 39 heavy (non-hydrogen) atoms. The van der Waals surface area contributed by atoms with Gasteiger partial charge < -0.3 is 15.3 Å². The van der Waals surface area contributed by atoms with E-state index in [2.05, 4.69) is 10.00 Å². The number of H-pyrrole nitrogens is 1. The number of aromatic nitrogens is 3. The molecule has 0 radical (unpaired) electrons. The third-order valence-corrected chi connectivity index (χ3v) is 10.3. The summed E-state index contributed by atoms with van der Waals surface area (Å²) in [7, 11) is 0. The predicted octanol–water partition coefficient (Wildman–Crippen LogP) is 3.47. The zero-order valence-corrected chi connectivity index (χ0v) is 21.9. The zero-order valence-electron chi connectivity index (χ0n) is 21.9. The van der Waals surface area contributed by atoms with E-state index in [1.807, 2.05) is 49.4 Å². The number of rotatable bonds is 3. The second kappa shape index (κ2) is 7.73. The van der Waals surface area contributed by atoms with E-state index in [1.54, 1.807) is 6.07 Å². The summed E-state index contributed by atoms with van der Waals surface area (Å²) >= 11 is 0. The molecule has 2 bridgehead atoms. The van der Waals surface area contributed by atoms with Gasteiger partial charge in [0.25, 0.3) is 5.56 Å². The lowest BCUT2D eigenvalue weighted by Crippen LogP contribution is -2.75. The Morgan fingerprint density at radius 2 is 1.92 bits per heavy atom. The number of nitrogens with one attached hydrogen (secondary N) is 1. The minimum atomic E-state index is -1.30. The van der Waals surface area contributed by atoms with Crippen molar-refractivity contribution in [3.05, 3.63) is 81.3 Å². The van der Waals surface area contributed by atoms with Crippen LogP contribution in [0.3, 0.4) is 0 Å². The fourth-order valence-electron chi connectivity index (χ4n) is 8.23. The van der Waals surface area contributed by atoms with Crippen molar-refractivity contribution >= 4 is 5.65 Å². The van der Waals surface area contributed by atoms with Gasteiger partial charge in [0.1, 0.15) is 0 Å². The molecule has 8 nitrogen and oxygen atoms in total. The third-order valence-electron chi connectivity index (χ3n) is 10.3. The first-order valence-electron chi connectivity index (χ1n) is 14.0. The van der Waals surface area contributed by atoms with Gasteiger partial charge in [-0.1, -0.05) is 43.3 Å². The molecule has 3 heterocycles. The van der Waals surface area contributed by atoms with Crippen LogP contribution in [0, 0.1) is 5.92 Å². The molecule has 8 rings (SSSR count). The van der Waals surface area contributed by atoms with Gasteiger partial charge in [0, 0.05) is 47.5 Å². The number of phenolic OH excluding ortho intramolecular Hbond substituents is 2. The predicted molar refractivity (Wildman–Crippen MR) is 146 cm³/mol. The number of aliphatic hydroxyl groups is 1. The first-order chi connectivity index (χ1) is 18.8. The van der Waals surface area contributed by atoms with Crippen molar-refractivity contribution < 1.29 is 15.3 Å². The number of likely N-dealkylation sites (tertiary alicyclic amines) is 1. The van der Waals surface area contributed by atoms with E-state index in [1.165, 1.54) is 17.4 Å². The molecule has 0 amide bonds. The number of hydrogen-bond donors (Lipinski definition) is 4. The number of nitrogens with zero attached hydrogens (tertiary/aromatic N) is 3. The van der Waals surface area contributed by atoms with E-state index in [0.29, 0.717) is 41.2 Å². The molecule has 4 aliphatic rings. The van der Waals surface area contributed by atoms with Crippen molar-refractivity contribution in [1.82, 2.24) is 19.5 Å². The maximum Gasteiger partial charge on any atom is 0.276 e. The number of aromatic hydroxyl groups is 2. The lowest BCUT2D eigenvalue weighted by Gasteiger charge is -2.65. The summed E-state index contributed by atoms with van der Waals surface area (Å²) in [5, 5.41) is 38.0. The number of piperidine rings is 1. The first-order valence-corrected chi connectivity index (χ1v) is 14.0. The lowest BCUT2D eigenvalue weighted by atomic mass is 9.46. The van der Waals surface area contributed by atoms with Gasteiger partial charge in [-0.25, -0.2) is 9.50 Å². The van der Waals surface area contributed by atoms with Crippen molar-refractivity contribution in [1.29, 1.82) is 0 Å². The molecule has 2 aromatic heterocycles. The largest absolute Gasteiger partial charge is 0.504 e. The number of phenols is 2. The Morgan fingerprint density at radius 1 is 1.13 bits per heavy atom. The fourth-order valence-corrected chi connectivity index (χ4v) is 8.23. The van der Waals surface area contributed by atoms with Crippen LogP contribution in [0.5, 0.6) is 11.5 Å². The molecule has 1 saturated heterocycles. The number of benzene rings is 2. The highest BCUT2D eigenvalue weighted by Gasteiger charge is 2.68. The van der Waals surface area contributed by atoms with Crippen LogP contribution >= 0.6 is 0 Å². The third kappa shape index (κ3) is 2.96. The molecule has 0 spiro atoms. The van der Waals surface area contributed by atoms with Gasteiger partial charge in [0.05, 0.1) is 17.0 Å². The Balaban J connectivity index is 1.36. The van der Waals surface area contributed by atoms with E-state index in [9.17, 15) is 20.1 Å². The molecule has 200 valence electrons. The van der Waals surface area contributed by atoms with Crippen LogP contribution in [0.4, 0.5) is 0 Å². The molecule has 0 unspecified atom stereocenters. The Bertz CT molecular complexity index is 1710. The smallest absolute Gasteiger partial charge is 0.276 e. The summed E-state index contributed by atoms with van der Waals surface area (Å²) in [6.07, 6.45) is 3.77. The number of aromatic amines is 1. The SMILES string of the molecule is C[C@H]1c2nc3cc(-c4ccccc4)[nH]n3c(=O)c2C[C@@]2(O)[C@H]3Cc4ccc(O)c(O)c4[C@@]12CCN3CC1CC1. The van der Waals surface area contributed by atoms with E-state index >= 15 is 0 Å². The van der Waals surface area contributed by atoms with E-state index in [-0.39, 0.29) is 35.4 Å². The van der Waals surface area contributed by atoms with Crippen LogP contribution in [-0.4, -0.2) is 59.5 Å². The van der Waals surface area contributed by atoms with Crippen molar-refractivity contribution in [2.24, 2.45) is 5.92 Å². The molecule has 4 aromatic rings. The molecule has 2 fully saturated rings. The topological polar surface area (TPSA) is 114 Å². The normalized spacial score (nSPS) is 29.6. The monoisotopic (exact) mass is 524 g/mol. The summed E-state index contributed by atoms with van der Waals surface area (Å²) in [5.41, 5.74) is 2.72. The Morgan fingerprint density at radius 3 is 2.69 bits per heavy atom. The molecule has 3 aliphatic carbocycles. The summed E-state index contributed by atoms with van der Waals surface area (Å²) < 4.78 is 1.49. The fraction of sp³-hybridized carbons (Fsp3) is 0.419. The zero-order chi connectivity index (χ0) is 26.7. The van der Waals surface area contributed by atoms with Gasteiger partial charge in [-0.15, -0.1) is 0 Å². The lowest BCUT2D eigenvalue weighted by molar-refractivity contribution is -0.160. The molecular weight excluding hydrogens is 492 g/mol. The van der Waals surface area contributed by atoms with Crippen LogP contribution in [-0.2, 0) is 18.3 Å². The van der Waals surface area contributed by atoms with Crippen LogP contribution < -0.4 is 5.56 Å². The molecule has 1 saturated carbocycles. The number of fused-ring (bicyclic) bond motifs is 3. The quantitative estimate of drug-likeness (QED) is 0.305. The van der Waals surface area contributed by atoms with E-state index in [0.717, 1.165) is 29.9 Å². The maximum atomic E-state index is 14.0. The summed E-state index contributed by atoms with van der Waals surface area (Å²) in [6, 6.07) is 15.0. The standard InChI is InChI=1S/C31H32N4O4/c1-17-27-21(29(38)35-25(32-27)14-22(33-35)19-5-3-2-4-6-19)15-31(39)24-13-20-9-10-23(36)28(37)26(20)30(17,31)11-12-34(24)16-18-7-8-18/h2-6,9-10,14,17-18,24,33,36-37,39H,7-8,11-13,15-16H2,1H3/t17-,24+,30+,31+/m0/s1. The molecular formula is C31H32N4O4. The average molecular weight is 525 g/mol. The van der Waals surface area contributed by atoms with Crippen LogP contribution in [0.2, 0.25) is 0 Å². The summed E-state index contributed by atoms with van der Waals surface area (Å²) in [6.45, 7) is 3.76. The van der Waals surface area contributed by atoms with Crippen molar-refractivity contribution in [3.8, 4) is 22.8 Å². The van der Waals surface area contributed by atoms with Gasteiger partial charge in [-0.05, 0) is 55.3 Å². The van der Waals surface area contributed by atoms with Crippen LogP contribution in [0.25, 0.3) is 16.9 Å². The van der Waals surface area contributed by atoms with Crippen LogP contribution in [0.15, 0.2) is 53.3 Å². The van der Waals surface area contributed by atoms with E-state index in [4.69, 9.17) is 4.98 Å². The van der Waals surface area contributed by atoms with Crippen molar-refractivity contribution in [3.63, 3.8) is 0 Å². The molecule has 4 atom stereocenters. The molecule has 2 aromatic carbocycles. The molecule has 4 N–H and O–H groups in total. The summed E-state index contributed by atoms with van der Waals surface area (Å²) in [5.74, 6) is -0.0207. The molecule has 1 aliphatic heterocycles. The highest BCUT2D eigenvalue weighted by atomic mass is 16.3. The van der Waals surface area contributed by atoms with E-state index < -0.39 is 11.0 Å². The minimum absolute atomic E-state index is 0.152. The second-order valence-corrected chi connectivity index (χ2v) is 12.2. The number of hydrogen-bond acceptors (Lipinski definition) is 6. The Labute approximate surface area is 225 Å². The van der Waals surface area contributed by atoms with Crippen molar-refractivity contribution in [2.45, 2.75) is 62.0 Å². The highest BCUT2D eigenvalue weighted by Crippen LogP contribution is 2.64. The van der Waals surface area contributed by atoms with Crippen molar-refractivity contribution in [2.75, 3.05) is 13.1 Å². The van der Waals surface area contributed by atoms with Gasteiger partial charge in [-0.3, -0.25) is 14.8 Å². The molecule has 8 heteroatoms. The second-order valence-electron chi connectivity index (χ2n) is 12.2. The highest BCUT2D eigenvalue weighted by molar-refractivity contribution is 5.65. The Kier molecular flexibility index (Phi) is 4.62. The van der Waals surface area contributed by atoms with Gasteiger partial charge in [0.2, 0.25) is 0 Å². The first kappa shape index (κ1) is 23.3. The Hall–Kier alpha value is -3.62. The summed E-state index contributed by atoms with van der Waals surface area (Å²) in [4.78, 5) is 21.5. The minimum Gasteiger partial charge on any atom is -0.504 e. The van der Waals surface area contributed by atoms with Gasteiger partial charge in [0.15, 0.2) is 17.1 Å². The van der Waals surface area contributed by atoms with Gasteiger partial charge >= 0.3 is 0 Å². The maximum absolute atomic E-state index is 14.0. The average Bonchev–Trinajstić information content (AvgIpc) is 3.64.